The van der Waals surface area contributed by atoms with Crippen LogP contribution in [0.25, 0.3) is 0 Å². The van der Waals surface area contributed by atoms with E-state index in [0.29, 0.717) is 5.56 Å². The fourth-order valence-corrected chi connectivity index (χ4v) is 3.02. The molecule has 2 rings (SSSR count). The summed E-state index contributed by atoms with van der Waals surface area (Å²) in [5, 5.41) is 0. The van der Waals surface area contributed by atoms with Crippen molar-refractivity contribution in [1.29, 1.82) is 0 Å². The molecule has 0 N–H and O–H groups in total. The minimum absolute atomic E-state index is 0.407. The molecule has 1 fully saturated rings. The van der Waals surface area contributed by atoms with Crippen molar-refractivity contribution in [3.63, 3.8) is 0 Å². The maximum Gasteiger partial charge on any atom is 0.373 e. The molecule has 1 saturated carbocycles. The van der Waals surface area contributed by atoms with E-state index in [1.54, 1.807) is 0 Å². The molecule has 0 aliphatic heterocycles. The average molecular weight is 317 g/mol. The summed E-state index contributed by atoms with van der Waals surface area (Å²) in [6, 6.07) is 7.66. The van der Waals surface area contributed by atoms with E-state index in [1.807, 2.05) is 24.3 Å². The summed E-state index contributed by atoms with van der Waals surface area (Å²) >= 11 is 0. The van der Waals surface area contributed by atoms with Crippen LogP contribution in [0.1, 0.15) is 81.1 Å². The van der Waals surface area contributed by atoms with Crippen LogP contribution in [-0.4, -0.2) is 5.97 Å². The Morgan fingerprint density at radius 1 is 1.09 bits per heavy atom. The Kier molecular flexibility index (Phi) is 7.60. The first kappa shape index (κ1) is 18.0. The second-order valence-electron chi connectivity index (χ2n) is 6.50. The van der Waals surface area contributed by atoms with Crippen LogP contribution in [0.2, 0.25) is 0 Å². The second-order valence-corrected chi connectivity index (χ2v) is 6.50. The van der Waals surface area contributed by atoms with Gasteiger partial charge >= 0.3 is 5.97 Å². The minimum atomic E-state index is -0.407. The normalized spacial score (nSPS) is 16.4. The first-order valence-corrected chi connectivity index (χ1v) is 9.05. The van der Waals surface area contributed by atoms with Crippen molar-refractivity contribution in [2.75, 3.05) is 0 Å². The largest absolute Gasteiger partial charge is 0.373 e. The fraction of sp³-hybridized carbons (Fsp3) is 0.600. The molecule has 1 radical (unpaired) electrons. The maximum absolute atomic E-state index is 12.0. The SMILES string of the molecule is CCCCCc1ccc(C(=O)OO[C]2CCC(CC)CC2)cc1. The smallest absolute Gasteiger partial charge is 0.292 e. The van der Waals surface area contributed by atoms with Gasteiger partial charge in [-0.15, -0.1) is 0 Å². The number of unbranched alkanes of at least 4 members (excludes halogenated alkanes) is 2. The van der Waals surface area contributed by atoms with Crippen LogP contribution >= 0.6 is 0 Å². The molecule has 3 heteroatoms. The van der Waals surface area contributed by atoms with E-state index in [4.69, 9.17) is 9.78 Å². The molecule has 0 bridgehead atoms. The van der Waals surface area contributed by atoms with Crippen molar-refractivity contribution >= 4 is 5.97 Å². The Bertz CT molecular complexity index is 458. The first-order valence-electron chi connectivity index (χ1n) is 9.05. The van der Waals surface area contributed by atoms with Gasteiger partial charge in [-0.2, -0.15) is 4.89 Å². The van der Waals surface area contributed by atoms with Crippen molar-refractivity contribution < 1.29 is 14.6 Å². The third kappa shape index (κ3) is 5.98. The molecule has 23 heavy (non-hydrogen) atoms. The zero-order chi connectivity index (χ0) is 16.5. The Morgan fingerprint density at radius 2 is 1.78 bits per heavy atom. The highest BCUT2D eigenvalue weighted by Crippen LogP contribution is 2.32. The molecule has 1 aromatic rings. The van der Waals surface area contributed by atoms with E-state index in [1.165, 1.54) is 31.2 Å². The zero-order valence-electron chi connectivity index (χ0n) is 14.5. The van der Waals surface area contributed by atoms with Gasteiger partial charge in [0.15, 0.2) is 0 Å². The van der Waals surface area contributed by atoms with Gasteiger partial charge in [-0.3, -0.25) is 4.89 Å². The van der Waals surface area contributed by atoms with Gasteiger partial charge < -0.3 is 0 Å². The van der Waals surface area contributed by atoms with Crippen LogP contribution in [0.4, 0.5) is 0 Å². The van der Waals surface area contributed by atoms with Gasteiger partial charge in [-0.05, 0) is 62.1 Å². The van der Waals surface area contributed by atoms with Gasteiger partial charge in [-0.1, -0.05) is 45.2 Å². The summed E-state index contributed by atoms with van der Waals surface area (Å²) in [7, 11) is 0. The van der Waals surface area contributed by atoms with E-state index in [-0.39, 0.29) is 0 Å². The summed E-state index contributed by atoms with van der Waals surface area (Å²) in [5.74, 6) is 0.383. The molecule has 1 aliphatic rings. The van der Waals surface area contributed by atoms with E-state index in [0.717, 1.165) is 44.1 Å². The van der Waals surface area contributed by atoms with Crippen molar-refractivity contribution in [2.45, 2.75) is 71.6 Å². The average Bonchev–Trinajstić information content (AvgIpc) is 2.61. The molecule has 3 nitrogen and oxygen atoms in total. The van der Waals surface area contributed by atoms with Crippen molar-refractivity contribution in [1.82, 2.24) is 0 Å². The standard InChI is InChI=1S/C20H29O3/c1-3-5-6-7-17-8-12-18(13-9-17)20(21)23-22-19-14-10-16(4-2)11-15-19/h8-9,12-13,16H,3-7,10-11,14-15H2,1-2H3. The van der Waals surface area contributed by atoms with Crippen molar-refractivity contribution in [2.24, 2.45) is 5.92 Å². The van der Waals surface area contributed by atoms with Gasteiger partial charge in [-0.25, -0.2) is 4.79 Å². The number of benzene rings is 1. The summed E-state index contributed by atoms with van der Waals surface area (Å²) in [5.41, 5.74) is 1.82. The molecule has 0 heterocycles. The highest BCUT2D eigenvalue weighted by molar-refractivity contribution is 5.88. The summed E-state index contributed by atoms with van der Waals surface area (Å²) in [6.45, 7) is 4.42. The van der Waals surface area contributed by atoms with Crippen molar-refractivity contribution in [3.05, 3.63) is 41.5 Å². The number of carbonyl (C=O) groups is 1. The molecule has 1 aromatic carbocycles. The van der Waals surface area contributed by atoms with E-state index < -0.39 is 5.97 Å². The van der Waals surface area contributed by atoms with Crippen molar-refractivity contribution in [3.8, 4) is 0 Å². The third-order valence-electron chi connectivity index (χ3n) is 4.73. The monoisotopic (exact) mass is 317 g/mol. The van der Waals surface area contributed by atoms with Gasteiger partial charge in [0.2, 0.25) is 0 Å². The van der Waals surface area contributed by atoms with E-state index in [9.17, 15) is 4.79 Å². The Hall–Kier alpha value is -1.35. The molecular weight excluding hydrogens is 288 g/mol. The van der Waals surface area contributed by atoms with Gasteiger partial charge in [0.1, 0.15) is 6.10 Å². The third-order valence-corrected chi connectivity index (χ3v) is 4.73. The topological polar surface area (TPSA) is 35.5 Å². The Morgan fingerprint density at radius 3 is 2.39 bits per heavy atom. The quantitative estimate of drug-likeness (QED) is 0.353. The lowest BCUT2D eigenvalue weighted by molar-refractivity contribution is -0.240. The van der Waals surface area contributed by atoms with E-state index >= 15 is 0 Å². The molecule has 0 atom stereocenters. The van der Waals surface area contributed by atoms with Crippen LogP contribution in [0.5, 0.6) is 0 Å². The number of hydrogen-bond donors (Lipinski definition) is 0. The Labute approximate surface area is 140 Å². The zero-order valence-corrected chi connectivity index (χ0v) is 14.5. The fourth-order valence-electron chi connectivity index (χ4n) is 3.02. The number of rotatable bonds is 8. The van der Waals surface area contributed by atoms with Gasteiger partial charge in [0.25, 0.3) is 0 Å². The number of hydrogen-bond acceptors (Lipinski definition) is 3. The summed E-state index contributed by atoms with van der Waals surface area (Å²) in [6.07, 6.45) is 10.9. The molecule has 0 aromatic heterocycles. The number of carbonyl (C=O) groups excluding carboxylic acids is 1. The van der Waals surface area contributed by atoms with Crippen LogP contribution in [0.3, 0.4) is 0 Å². The summed E-state index contributed by atoms with van der Waals surface area (Å²) < 4.78 is 0. The molecule has 0 amide bonds. The lowest BCUT2D eigenvalue weighted by Crippen LogP contribution is -2.17. The molecule has 127 valence electrons. The first-order chi connectivity index (χ1) is 11.2. The van der Waals surface area contributed by atoms with Crippen LogP contribution in [-0.2, 0) is 16.2 Å². The lowest BCUT2D eigenvalue weighted by Gasteiger charge is -2.25. The van der Waals surface area contributed by atoms with Crippen LogP contribution < -0.4 is 0 Å². The maximum atomic E-state index is 12.0. The predicted octanol–water partition coefficient (Wildman–Crippen LogP) is 5.64. The molecule has 0 unspecified atom stereocenters. The van der Waals surface area contributed by atoms with Gasteiger partial charge in [0, 0.05) is 0 Å². The highest BCUT2D eigenvalue weighted by Gasteiger charge is 2.23. The minimum Gasteiger partial charge on any atom is -0.292 e. The molecule has 0 spiro atoms. The van der Waals surface area contributed by atoms with Gasteiger partial charge in [0.05, 0.1) is 5.56 Å². The molecule has 0 saturated heterocycles. The Balaban J connectivity index is 1.73. The second kappa shape index (κ2) is 9.71. The number of aryl methyl sites for hydroxylation is 1. The highest BCUT2D eigenvalue weighted by atomic mass is 17.2. The summed E-state index contributed by atoms with van der Waals surface area (Å²) in [4.78, 5) is 22.3. The predicted molar refractivity (Wildman–Crippen MR) is 91.7 cm³/mol. The molecular formula is C20H29O3. The lowest BCUT2D eigenvalue weighted by atomic mass is 9.86. The van der Waals surface area contributed by atoms with Crippen LogP contribution in [0.15, 0.2) is 24.3 Å². The van der Waals surface area contributed by atoms with Crippen LogP contribution in [0, 0.1) is 12.0 Å². The molecule has 1 aliphatic carbocycles. The van der Waals surface area contributed by atoms with E-state index in [2.05, 4.69) is 13.8 Å².